The van der Waals surface area contributed by atoms with Gasteiger partial charge in [0.1, 0.15) is 29.6 Å². The number of allylic oxidation sites excluding steroid dienone is 4. The SMILES string of the molecule is C=CC(=O)N1CCn2nc(-c3nc(-c4cnc(N5CCN(C)CC5)nc4)c4ccsc4c3/C=C(F)/C=C(F)\C=C\OCCOC)cc2C1. The first-order valence-electron chi connectivity index (χ1n) is 15.5. The number of hydrogen-bond acceptors (Lipinski definition) is 10. The normalized spacial score (nSPS) is 16.2. The third kappa shape index (κ3) is 7.35. The zero-order valence-corrected chi connectivity index (χ0v) is 27.6. The van der Waals surface area contributed by atoms with Crippen molar-refractivity contribution >= 4 is 39.4 Å². The number of rotatable bonds is 11. The molecule has 4 aromatic rings. The van der Waals surface area contributed by atoms with Crippen molar-refractivity contribution in [2.75, 3.05) is 65.0 Å². The fraction of sp³-hybridized carbons (Fsp3) is 0.324. The molecule has 6 rings (SSSR count). The fourth-order valence-electron chi connectivity index (χ4n) is 5.58. The number of fused-ring (bicyclic) bond motifs is 2. The number of thiophene rings is 1. The Morgan fingerprint density at radius 2 is 1.85 bits per heavy atom. The van der Waals surface area contributed by atoms with Crippen molar-refractivity contribution in [1.82, 2.24) is 34.5 Å². The minimum atomic E-state index is -0.822. The van der Waals surface area contributed by atoms with E-state index in [1.165, 1.54) is 30.6 Å². The molecular weight excluding hydrogens is 638 g/mol. The number of methoxy groups -OCH3 is 1. The van der Waals surface area contributed by atoms with Crippen molar-refractivity contribution in [3.05, 3.63) is 83.9 Å². The van der Waals surface area contributed by atoms with Gasteiger partial charge in [0.15, 0.2) is 0 Å². The van der Waals surface area contributed by atoms with Gasteiger partial charge in [-0.1, -0.05) is 6.58 Å². The Labute approximate surface area is 281 Å². The summed E-state index contributed by atoms with van der Waals surface area (Å²) in [6.07, 6.45) is 9.06. The zero-order chi connectivity index (χ0) is 33.6. The summed E-state index contributed by atoms with van der Waals surface area (Å²) >= 11 is 1.42. The van der Waals surface area contributed by atoms with Crippen molar-refractivity contribution in [3.8, 4) is 22.6 Å². The zero-order valence-electron chi connectivity index (χ0n) is 26.8. The highest BCUT2D eigenvalue weighted by Crippen LogP contribution is 2.39. The second kappa shape index (κ2) is 15.0. The van der Waals surface area contributed by atoms with Crippen LogP contribution in [0.5, 0.6) is 0 Å². The quantitative estimate of drug-likeness (QED) is 0.0916. The highest BCUT2D eigenvalue weighted by atomic mass is 32.1. The molecule has 250 valence electrons. The predicted octanol–water partition coefficient (Wildman–Crippen LogP) is 5.24. The van der Waals surface area contributed by atoms with Crippen LogP contribution in [0.25, 0.3) is 38.8 Å². The van der Waals surface area contributed by atoms with E-state index < -0.39 is 11.7 Å². The first-order valence-corrected chi connectivity index (χ1v) is 16.4. The molecule has 0 saturated carbocycles. The van der Waals surface area contributed by atoms with E-state index in [0.717, 1.165) is 60.4 Å². The number of anilines is 1. The van der Waals surface area contributed by atoms with E-state index in [4.69, 9.17) is 19.6 Å². The average molecular weight is 675 g/mol. The molecule has 0 atom stereocenters. The summed E-state index contributed by atoms with van der Waals surface area (Å²) < 4.78 is 42.7. The molecule has 0 N–H and O–H groups in total. The number of halogens is 2. The Balaban J connectivity index is 1.41. The number of pyridine rings is 1. The van der Waals surface area contributed by atoms with Crippen LogP contribution in [0.3, 0.4) is 0 Å². The number of aromatic nitrogens is 5. The first kappa shape index (κ1) is 33.1. The second-order valence-electron chi connectivity index (χ2n) is 11.4. The van der Waals surface area contributed by atoms with E-state index in [-0.39, 0.29) is 12.5 Å². The lowest BCUT2D eigenvalue weighted by Crippen LogP contribution is -2.45. The lowest BCUT2D eigenvalue weighted by Gasteiger charge is -2.32. The molecule has 1 amide bonds. The highest BCUT2D eigenvalue weighted by Gasteiger charge is 2.25. The topological polar surface area (TPSA) is 102 Å². The molecule has 2 aliphatic heterocycles. The maximum Gasteiger partial charge on any atom is 0.246 e. The third-order valence-corrected chi connectivity index (χ3v) is 9.10. The summed E-state index contributed by atoms with van der Waals surface area (Å²) in [4.78, 5) is 32.9. The Morgan fingerprint density at radius 1 is 1.06 bits per heavy atom. The van der Waals surface area contributed by atoms with Gasteiger partial charge in [-0.2, -0.15) is 5.10 Å². The number of hydrogen-bond donors (Lipinski definition) is 0. The largest absolute Gasteiger partial charge is 0.499 e. The van der Waals surface area contributed by atoms with E-state index in [1.54, 1.807) is 17.3 Å². The number of nitrogens with zero attached hydrogens (tertiary/aromatic N) is 8. The standard InChI is InChI=1S/C34H36F2N8O3S/c1-4-30(45)43-11-12-44-26(22-43)19-29(40-44)32-28(18-25(36)17-24(35)5-13-47-15-14-46-3)33-27(6-16-48-33)31(39-32)23-20-37-34(38-21-23)42-9-7-41(2)8-10-42/h4-6,13,16-21H,1,7-12,14-15,22H2,2-3H3/b13-5+,24-17+,25-18-. The summed E-state index contributed by atoms with van der Waals surface area (Å²) in [7, 11) is 3.63. The van der Waals surface area contributed by atoms with Crippen molar-refractivity contribution in [2.24, 2.45) is 0 Å². The van der Waals surface area contributed by atoms with E-state index in [9.17, 15) is 9.18 Å². The maximum atomic E-state index is 15.5. The van der Waals surface area contributed by atoms with E-state index in [0.29, 0.717) is 60.4 Å². The Hall–Kier alpha value is -4.79. The van der Waals surface area contributed by atoms with Gasteiger partial charge in [-0.15, -0.1) is 11.3 Å². The van der Waals surface area contributed by atoms with E-state index in [2.05, 4.69) is 33.4 Å². The van der Waals surface area contributed by atoms with Gasteiger partial charge in [-0.25, -0.2) is 23.7 Å². The van der Waals surface area contributed by atoms with Crippen molar-refractivity contribution in [1.29, 1.82) is 0 Å². The maximum absolute atomic E-state index is 15.5. The summed E-state index contributed by atoms with van der Waals surface area (Å²) in [5.41, 5.74) is 3.49. The van der Waals surface area contributed by atoms with Gasteiger partial charge >= 0.3 is 0 Å². The van der Waals surface area contributed by atoms with Gasteiger partial charge in [0, 0.05) is 85.6 Å². The van der Waals surface area contributed by atoms with Crippen LogP contribution in [0, 0.1) is 0 Å². The second-order valence-corrected chi connectivity index (χ2v) is 12.3. The smallest absolute Gasteiger partial charge is 0.246 e. The van der Waals surface area contributed by atoms with E-state index >= 15 is 4.39 Å². The van der Waals surface area contributed by atoms with Crippen LogP contribution in [0.15, 0.2) is 72.6 Å². The monoisotopic (exact) mass is 674 g/mol. The Morgan fingerprint density at radius 3 is 2.60 bits per heavy atom. The minimum absolute atomic E-state index is 0.165. The molecule has 0 radical (unpaired) electrons. The molecule has 4 aromatic heterocycles. The molecule has 48 heavy (non-hydrogen) atoms. The van der Waals surface area contributed by atoms with Crippen LogP contribution in [0.2, 0.25) is 0 Å². The molecule has 0 bridgehead atoms. The molecule has 0 aliphatic carbocycles. The lowest BCUT2D eigenvalue weighted by atomic mass is 10.0. The molecular formula is C34H36F2N8O3S. The molecule has 0 spiro atoms. The van der Waals surface area contributed by atoms with Crippen LogP contribution in [0.4, 0.5) is 14.7 Å². The molecule has 0 unspecified atom stereocenters. The molecule has 11 nitrogen and oxygen atoms in total. The third-order valence-electron chi connectivity index (χ3n) is 8.16. The van der Waals surface area contributed by atoms with Gasteiger partial charge in [0.25, 0.3) is 0 Å². The van der Waals surface area contributed by atoms with Gasteiger partial charge in [-0.3, -0.25) is 9.48 Å². The number of amides is 1. The van der Waals surface area contributed by atoms with Gasteiger partial charge in [0.2, 0.25) is 11.9 Å². The van der Waals surface area contributed by atoms with Gasteiger partial charge < -0.3 is 24.2 Å². The summed E-state index contributed by atoms with van der Waals surface area (Å²) in [5.74, 6) is -1.15. The average Bonchev–Trinajstić information content (AvgIpc) is 3.76. The number of carbonyl (C=O) groups excluding carboxylic acids is 1. The molecule has 2 aliphatic rings. The fourth-order valence-corrected chi connectivity index (χ4v) is 6.49. The van der Waals surface area contributed by atoms with Crippen molar-refractivity contribution < 1.29 is 23.0 Å². The van der Waals surface area contributed by atoms with Crippen LogP contribution in [0.1, 0.15) is 11.3 Å². The lowest BCUT2D eigenvalue weighted by molar-refractivity contribution is -0.127. The molecule has 1 fully saturated rings. The molecule has 0 aromatic carbocycles. The van der Waals surface area contributed by atoms with Crippen LogP contribution in [-0.2, 0) is 27.4 Å². The summed E-state index contributed by atoms with van der Waals surface area (Å²) in [6.45, 7) is 9.05. The first-order chi connectivity index (χ1) is 23.3. The number of carbonyl (C=O) groups is 1. The summed E-state index contributed by atoms with van der Waals surface area (Å²) in [6, 6.07) is 3.77. The minimum Gasteiger partial charge on any atom is -0.499 e. The van der Waals surface area contributed by atoms with Crippen molar-refractivity contribution in [3.63, 3.8) is 0 Å². The molecule has 1 saturated heterocycles. The number of ether oxygens (including phenoxy) is 2. The van der Waals surface area contributed by atoms with Gasteiger partial charge in [-0.05, 0) is 36.7 Å². The Bertz CT molecular complexity index is 1880. The van der Waals surface area contributed by atoms with Crippen LogP contribution >= 0.6 is 11.3 Å². The molecule has 14 heteroatoms. The number of likely N-dealkylation sites (N-methyl/N-ethyl adjacent to an activating group) is 1. The number of piperazine rings is 1. The summed E-state index contributed by atoms with van der Waals surface area (Å²) in [5, 5.41) is 7.50. The highest BCUT2D eigenvalue weighted by molar-refractivity contribution is 7.17. The van der Waals surface area contributed by atoms with Crippen LogP contribution < -0.4 is 4.90 Å². The Kier molecular flexibility index (Phi) is 10.3. The molecule has 6 heterocycles. The van der Waals surface area contributed by atoms with Crippen LogP contribution in [-0.4, -0.2) is 101 Å². The predicted molar refractivity (Wildman–Crippen MR) is 182 cm³/mol. The van der Waals surface area contributed by atoms with Gasteiger partial charge in [0.05, 0.1) is 37.3 Å². The van der Waals surface area contributed by atoms with Crippen molar-refractivity contribution in [2.45, 2.75) is 13.1 Å². The van der Waals surface area contributed by atoms with E-state index in [1.807, 2.05) is 22.2 Å².